The Labute approximate surface area is 150 Å². The van der Waals surface area contributed by atoms with Crippen molar-refractivity contribution in [1.82, 2.24) is 10.6 Å². The van der Waals surface area contributed by atoms with E-state index in [1.807, 2.05) is 19.1 Å². The fourth-order valence-electron chi connectivity index (χ4n) is 2.51. The molecule has 0 spiro atoms. The highest BCUT2D eigenvalue weighted by molar-refractivity contribution is 5.74. The number of methoxy groups -OCH3 is 1. The van der Waals surface area contributed by atoms with Crippen LogP contribution in [0.5, 0.6) is 5.75 Å². The smallest absolute Gasteiger partial charge is 0.416 e. The van der Waals surface area contributed by atoms with E-state index in [1.54, 1.807) is 19.2 Å². The first-order valence-electron chi connectivity index (χ1n) is 8.18. The quantitative estimate of drug-likeness (QED) is 0.781. The van der Waals surface area contributed by atoms with Crippen LogP contribution in [-0.2, 0) is 12.7 Å². The first kappa shape index (κ1) is 19.6. The van der Waals surface area contributed by atoms with Gasteiger partial charge < -0.3 is 15.4 Å². The van der Waals surface area contributed by atoms with Gasteiger partial charge in [-0.1, -0.05) is 31.2 Å². The van der Waals surface area contributed by atoms with Crippen molar-refractivity contribution in [3.63, 3.8) is 0 Å². The molecule has 0 heterocycles. The van der Waals surface area contributed by atoms with Crippen molar-refractivity contribution in [2.45, 2.75) is 32.1 Å². The van der Waals surface area contributed by atoms with Crippen LogP contribution in [0, 0.1) is 0 Å². The number of ether oxygens (including phenoxy) is 1. The SMILES string of the molecule is CCC(NC(=O)NCc1cccc(C(F)(F)F)c1)c1ccc(OC)cc1. The monoisotopic (exact) mass is 366 g/mol. The lowest BCUT2D eigenvalue weighted by atomic mass is 10.0. The summed E-state index contributed by atoms with van der Waals surface area (Å²) in [4.78, 5) is 12.1. The zero-order valence-corrected chi connectivity index (χ0v) is 14.6. The van der Waals surface area contributed by atoms with E-state index in [1.165, 1.54) is 12.1 Å². The van der Waals surface area contributed by atoms with Gasteiger partial charge in [-0.25, -0.2) is 4.79 Å². The molecule has 0 aliphatic rings. The first-order valence-corrected chi connectivity index (χ1v) is 8.18. The van der Waals surface area contributed by atoms with Gasteiger partial charge in [0.2, 0.25) is 0 Å². The van der Waals surface area contributed by atoms with Crippen molar-refractivity contribution in [1.29, 1.82) is 0 Å². The van der Waals surface area contributed by atoms with E-state index in [2.05, 4.69) is 10.6 Å². The topological polar surface area (TPSA) is 50.4 Å². The van der Waals surface area contributed by atoms with Gasteiger partial charge in [0.1, 0.15) is 5.75 Å². The van der Waals surface area contributed by atoms with E-state index in [4.69, 9.17) is 4.74 Å². The summed E-state index contributed by atoms with van der Waals surface area (Å²) in [7, 11) is 1.58. The zero-order chi connectivity index (χ0) is 19.2. The fraction of sp³-hybridized carbons (Fsp3) is 0.316. The van der Waals surface area contributed by atoms with Gasteiger partial charge in [-0.15, -0.1) is 0 Å². The summed E-state index contributed by atoms with van der Waals surface area (Å²) in [6, 6.07) is 11.6. The van der Waals surface area contributed by atoms with Crippen LogP contribution in [0.15, 0.2) is 48.5 Å². The highest BCUT2D eigenvalue weighted by Crippen LogP contribution is 2.29. The molecule has 0 bridgehead atoms. The number of hydrogen-bond acceptors (Lipinski definition) is 2. The van der Waals surface area contributed by atoms with Crippen LogP contribution < -0.4 is 15.4 Å². The number of halogens is 3. The Balaban J connectivity index is 1.94. The summed E-state index contributed by atoms with van der Waals surface area (Å²) in [5, 5.41) is 5.42. The number of benzene rings is 2. The second kappa shape index (κ2) is 8.60. The molecule has 0 radical (unpaired) electrons. The van der Waals surface area contributed by atoms with Crippen LogP contribution in [0.4, 0.5) is 18.0 Å². The number of carbonyl (C=O) groups is 1. The van der Waals surface area contributed by atoms with E-state index in [9.17, 15) is 18.0 Å². The average molecular weight is 366 g/mol. The molecule has 140 valence electrons. The van der Waals surface area contributed by atoms with Crippen molar-refractivity contribution in [2.75, 3.05) is 7.11 Å². The lowest BCUT2D eigenvalue weighted by Crippen LogP contribution is -2.37. The maximum absolute atomic E-state index is 12.7. The molecule has 0 saturated heterocycles. The van der Waals surface area contributed by atoms with Crippen LogP contribution in [0.1, 0.15) is 36.1 Å². The number of nitrogens with one attached hydrogen (secondary N) is 2. The third kappa shape index (κ3) is 5.40. The van der Waals surface area contributed by atoms with Gasteiger partial charge in [0, 0.05) is 6.54 Å². The summed E-state index contributed by atoms with van der Waals surface area (Å²) in [5.74, 6) is 0.720. The molecule has 0 aromatic heterocycles. The van der Waals surface area contributed by atoms with Gasteiger partial charge in [0.15, 0.2) is 0 Å². The lowest BCUT2D eigenvalue weighted by molar-refractivity contribution is -0.137. The van der Waals surface area contributed by atoms with Crippen LogP contribution in [0.25, 0.3) is 0 Å². The van der Waals surface area contributed by atoms with Gasteiger partial charge >= 0.3 is 12.2 Å². The molecule has 2 N–H and O–H groups in total. The van der Waals surface area contributed by atoms with Gasteiger partial charge in [0.25, 0.3) is 0 Å². The van der Waals surface area contributed by atoms with Crippen LogP contribution in [0.2, 0.25) is 0 Å². The van der Waals surface area contributed by atoms with E-state index in [0.29, 0.717) is 12.0 Å². The number of carbonyl (C=O) groups excluding carboxylic acids is 1. The van der Waals surface area contributed by atoms with Gasteiger partial charge in [0.05, 0.1) is 18.7 Å². The molecule has 0 aliphatic heterocycles. The minimum Gasteiger partial charge on any atom is -0.497 e. The van der Waals surface area contributed by atoms with Gasteiger partial charge in [-0.05, 0) is 41.8 Å². The van der Waals surface area contributed by atoms with E-state index in [0.717, 1.165) is 23.4 Å². The molecule has 0 fully saturated rings. The highest BCUT2D eigenvalue weighted by atomic mass is 19.4. The molecule has 4 nitrogen and oxygen atoms in total. The van der Waals surface area contributed by atoms with Crippen molar-refractivity contribution in [2.24, 2.45) is 0 Å². The second-order valence-corrected chi connectivity index (χ2v) is 5.76. The molecule has 7 heteroatoms. The molecule has 2 aromatic carbocycles. The normalized spacial score (nSPS) is 12.3. The third-order valence-corrected chi connectivity index (χ3v) is 3.94. The molecule has 0 aliphatic carbocycles. The molecule has 0 saturated carbocycles. The van der Waals surface area contributed by atoms with E-state index in [-0.39, 0.29) is 12.6 Å². The predicted molar refractivity (Wildman–Crippen MR) is 92.8 cm³/mol. The first-order chi connectivity index (χ1) is 12.3. The Morgan fingerprint density at radius 1 is 1.15 bits per heavy atom. The number of amides is 2. The number of urea groups is 1. The molecule has 2 aromatic rings. The summed E-state index contributed by atoms with van der Waals surface area (Å²) >= 11 is 0. The number of rotatable bonds is 6. The maximum Gasteiger partial charge on any atom is 0.416 e. The fourth-order valence-corrected chi connectivity index (χ4v) is 2.51. The third-order valence-electron chi connectivity index (χ3n) is 3.94. The van der Waals surface area contributed by atoms with Gasteiger partial charge in [-0.3, -0.25) is 0 Å². The Hall–Kier alpha value is -2.70. The van der Waals surface area contributed by atoms with Crippen molar-refractivity contribution in [3.05, 3.63) is 65.2 Å². The molecule has 1 atom stereocenters. The minimum absolute atomic E-state index is 0.00873. The Morgan fingerprint density at radius 2 is 1.85 bits per heavy atom. The van der Waals surface area contributed by atoms with Crippen molar-refractivity contribution in [3.8, 4) is 5.75 Å². The molecule has 1 unspecified atom stereocenters. The predicted octanol–water partition coefficient (Wildman–Crippen LogP) is 4.66. The standard InChI is InChI=1S/C19H21F3N2O2/c1-3-17(14-7-9-16(26-2)10-8-14)24-18(25)23-12-13-5-4-6-15(11-13)19(20,21)22/h4-11,17H,3,12H2,1-2H3,(H2,23,24,25). The molecular formula is C19H21F3N2O2. The second-order valence-electron chi connectivity index (χ2n) is 5.76. The molecular weight excluding hydrogens is 345 g/mol. The van der Waals surface area contributed by atoms with Crippen molar-refractivity contribution < 1.29 is 22.7 Å². The van der Waals surface area contributed by atoms with E-state index >= 15 is 0 Å². The molecule has 2 rings (SSSR count). The Morgan fingerprint density at radius 3 is 2.42 bits per heavy atom. The average Bonchev–Trinajstić information content (AvgIpc) is 2.64. The summed E-state index contributed by atoms with van der Waals surface area (Å²) in [5.41, 5.74) is 0.567. The summed E-state index contributed by atoms with van der Waals surface area (Å²) in [6.45, 7) is 1.94. The minimum atomic E-state index is -4.40. The lowest BCUT2D eigenvalue weighted by Gasteiger charge is -2.18. The number of alkyl halides is 3. The van der Waals surface area contributed by atoms with Crippen LogP contribution in [-0.4, -0.2) is 13.1 Å². The largest absolute Gasteiger partial charge is 0.497 e. The summed E-state index contributed by atoms with van der Waals surface area (Å²) < 4.78 is 43.3. The van der Waals surface area contributed by atoms with E-state index < -0.39 is 17.8 Å². The summed E-state index contributed by atoms with van der Waals surface area (Å²) in [6.07, 6.45) is -3.73. The highest BCUT2D eigenvalue weighted by Gasteiger charge is 2.30. The Bertz CT molecular complexity index is 730. The number of hydrogen-bond donors (Lipinski definition) is 2. The van der Waals surface area contributed by atoms with Crippen LogP contribution in [0.3, 0.4) is 0 Å². The maximum atomic E-state index is 12.7. The molecule has 2 amide bonds. The zero-order valence-electron chi connectivity index (χ0n) is 14.6. The van der Waals surface area contributed by atoms with Crippen LogP contribution >= 0.6 is 0 Å². The van der Waals surface area contributed by atoms with Crippen molar-refractivity contribution >= 4 is 6.03 Å². The Kier molecular flexibility index (Phi) is 6.49. The van der Waals surface area contributed by atoms with Gasteiger partial charge in [-0.2, -0.15) is 13.2 Å². The molecule has 26 heavy (non-hydrogen) atoms.